The number of benzene rings is 2. The molecule has 0 radical (unpaired) electrons. The molecule has 0 spiro atoms. The third-order valence-electron chi connectivity index (χ3n) is 7.43. The van der Waals surface area contributed by atoms with E-state index in [1.807, 2.05) is 60.9 Å². The smallest absolute Gasteiger partial charge is 0.311 e. The van der Waals surface area contributed by atoms with Crippen molar-refractivity contribution >= 4 is 5.97 Å². The Balaban J connectivity index is 1.37. The lowest BCUT2D eigenvalue weighted by molar-refractivity contribution is -0.134. The molecule has 41 heavy (non-hydrogen) atoms. The Labute approximate surface area is 248 Å². The Bertz CT molecular complexity index is 1100. The van der Waals surface area contributed by atoms with Gasteiger partial charge in [0.25, 0.3) is 0 Å². The van der Waals surface area contributed by atoms with Crippen LogP contribution in [0.15, 0.2) is 60.9 Å². The third-order valence-corrected chi connectivity index (χ3v) is 7.43. The molecule has 1 heterocycles. The van der Waals surface area contributed by atoms with E-state index in [9.17, 15) is 4.79 Å². The normalized spacial score (nSPS) is 11.0. The third kappa shape index (κ3) is 12.9. The molecule has 0 saturated carbocycles. The van der Waals surface area contributed by atoms with Gasteiger partial charge in [0.1, 0.15) is 11.5 Å². The fourth-order valence-corrected chi connectivity index (χ4v) is 4.88. The van der Waals surface area contributed by atoms with E-state index in [-0.39, 0.29) is 5.97 Å². The van der Waals surface area contributed by atoms with Crippen molar-refractivity contribution in [3.05, 3.63) is 60.9 Å². The van der Waals surface area contributed by atoms with Crippen molar-refractivity contribution in [2.75, 3.05) is 6.61 Å². The molecule has 0 saturated heterocycles. The van der Waals surface area contributed by atoms with E-state index in [0.29, 0.717) is 18.0 Å². The maximum Gasteiger partial charge on any atom is 0.311 e. The molecule has 3 aromatic rings. The van der Waals surface area contributed by atoms with Gasteiger partial charge < -0.3 is 9.47 Å². The van der Waals surface area contributed by atoms with E-state index < -0.39 is 0 Å². The number of carbonyl (C=O) groups is 1. The van der Waals surface area contributed by atoms with Gasteiger partial charge in [-0.1, -0.05) is 109 Å². The summed E-state index contributed by atoms with van der Waals surface area (Å²) in [5.74, 6) is 1.98. The van der Waals surface area contributed by atoms with Crippen LogP contribution in [0.2, 0.25) is 0 Å². The molecule has 0 fully saturated rings. The number of nitrogens with zero attached hydrogens (tertiary/aromatic N) is 2. The van der Waals surface area contributed by atoms with Crippen LogP contribution in [0.25, 0.3) is 22.5 Å². The molecule has 5 heteroatoms. The summed E-state index contributed by atoms with van der Waals surface area (Å²) in [5.41, 5.74) is 2.85. The van der Waals surface area contributed by atoms with Crippen LogP contribution in [0.4, 0.5) is 0 Å². The van der Waals surface area contributed by atoms with Crippen LogP contribution >= 0.6 is 0 Å². The molecule has 2 aromatic carbocycles. The highest BCUT2D eigenvalue weighted by Gasteiger charge is 2.07. The van der Waals surface area contributed by atoms with Gasteiger partial charge in [-0.15, -0.1) is 0 Å². The minimum Gasteiger partial charge on any atom is -0.494 e. The van der Waals surface area contributed by atoms with Crippen molar-refractivity contribution in [1.82, 2.24) is 9.97 Å². The lowest BCUT2D eigenvalue weighted by atomic mass is 10.1. The second-order valence-electron chi connectivity index (χ2n) is 11.0. The molecule has 0 aliphatic heterocycles. The largest absolute Gasteiger partial charge is 0.494 e. The first-order chi connectivity index (χ1) is 20.2. The first-order valence-corrected chi connectivity index (χ1v) is 16.1. The molecule has 0 unspecified atom stereocenters. The number of hydrogen-bond acceptors (Lipinski definition) is 5. The minimum atomic E-state index is -0.163. The van der Waals surface area contributed by atoms with Gasteiger partial charge in [0.2, 0.25) is 0 Å². The Hall–Kier alpha value is -3.21. The van der Waals surface area contributed by atoms with Gasteiger partial charge in [0, 0.05) is 29.9 Å². The van der Waals surface area contributed by atoms with Gasteiger partial charge in [-0.3, -0.25) is 4.79 Å². The van der Waals surface area contributed by atoms with E-state index in [4.69, 9.17) is 9.47 Å². The van der Waals surface area contributed by atoms with E-state index in [2.05, 4.69) is 23.8 Å². The van der Waals surface area contributed by atoms with Gasteiger partial charge in [-0.25, -0.2) is 9.97 Å². The molecule has 0 bridgehead atoms. The van der Waals surface area contributed by atoms with Crippen molar-refractivity contribution in [1.29, 1.82) is 0 Å². The molecule has 0 atom stereocenters. The molecule has 1 aromatic heterocycles. The zero-order valence-electron chi connectivity index (χ0n) is 25.4. The number of carbonyl (C=O) groups excluding carboxylic acids is 1. The minimum absolute atomic E-state index is 0.163. The van der Waals surface area contributed by atoms with Crippen molar-refractivity contribution in [2.45, 2.75) is 117 Å². The summed E-state index contributed by atoms with van der Waals surface area (Å²) >= 11 is 0. The lowest BCUT2D eigenvalue weighted by Crippen LogP contribution is -2.07. The molecule has 0 aliphatic carbocycles. The van der Waals surface area contributed by atoms with Crippen LogP contribution in [0.3, 0.4) is 0 Å². The quantitative estimate of drug-likeness (QED) is 0.0739. The van der Waals surface area contributed by atoms with Crippen molar-refractivity contribution < 1.29 is 14.3 Å². The van der Waals surface area contributed by atoms with Gasteiger partial charge in [-0.2, -0.15) is 0 Å². The Morgan fingerprint density at radius 3 is 1.63 bits per heavy atom. The highest BCUT2D eigenvalue weighted by Crippen LogP contribution is 2.24. The standard InChI is InChI=1S/C36H50N2O3/c1-3-5-7-9-11-13-15-17-27-40-33-23-21-31(22-24-33)36-37-28-32(29-38-36)30-19-25-34(26-20-30)41-35(39)18-16-14-12-10-8-6-4-2/h19-26,28-29H,3-18,27H2,1-2H3. The highest BCUT2D eigenvalue weighted by atomic mass is 16.5. The summed E-state index contributed by atoms with van der Waals surface area (Å²) in [4.78, 5) is 21.3. The Morgan fingerprint density at radius 2 is 1.05 bits per heavy atom. The van der Waals surface area contributed by atoms with E-state index in [1.165, 1.54) is 77.0 Å². The summed E-state index contributed by atoms with van der Waals surface area (Å²) in [6.45, 7) is 5.24. The van der Waals surface area contributed by atoms with Gasteiger partial charge in [0.05, 0.1) is 6.61 Å². The zero-order valence-corrected chi connectivity index (χ0v) is 25.4. The molecule has 0 amide bonds. The maximum absolute atomic E-state index is 12.2. The van der Waals surface area contributed by atoms with Crippen molar-refractivity contribution in [3.63, 3.8) is 0 Å². The summed E-state index contributed by atoms with van der Waals surface area (Å²) in [6, 6.07) is 15.5. The molecular weight excluding hydrogens is 508 g/mol. The fourth-order valence-electron chi connectivity index (χ4n) is 4.88. The summed E-state index contributed by atoms with van der Waals surface area (Å²) in [7, 11) is 0. The number of esters is 1. The van der Waals surface area contributed by atoms with Gasteiger partial charge in [0.15, 0.2) is 5.82 Å². The summed E-state index contributed by atoms with van der Waals surface area (Å²) < 4.78 is 11.4. The van der Waals surface area contributed by atoms with Crippen LogP contribution in [-0.2, 0) is 4.79 Å². The van der Waals surface area contributed by atoms with Gasteiger partial charge in [-0.05, 0) is 54.8 Å². The number of unbranched alkanes of at least 4 members (excludes halogenated alkanes) is 13. The number of ether oxygens (including phenoxy) is 2. The van der Waals surface area contributed by atoms with Crippen LogP contribution in [0.1, 0.15) is 117 Å². The summed E-state index contributed by atoms with van der Waals surface area (Å²) in [5, 5.41) is 0. The number of rotatable bonds is 21. The SMILES string of the molecule is CCCCCCCCCCOc1ccc(-c2ncc(-c3ccc(OC(=O)CCCCCCCCC)cc3)cn2)cc1. The first kappa shape index (κ1) is 32.3. The van der Waals surface area contributed by atoms with Crippen LogP contribution in [-0.4, -0.2) is 22.5 Å². The lowest BCUT2D eigenvalue weighted by Gasteiger charge is -2.08. The fraction of sp³-hybridized carbons (Fsp3) is 0.528. The first-order valence-electron chi connectivity index (χ1n) is 16.1. The molecule has 222 valence electrons. The number of hydrogen-bond donors (Lipinski definition) is 0. The predicted molar refractivity (Wildman–Crippen MR) is 169 cm³/mol. The average Bonchev–Trinajstić information content (AvgIpc) is 3.00. The maximum atomic E-state index is 12.2. The second kappa shape index (κ2) is 19.8. The Kier molecular flexibility index (Phi) is 15.6. The monoisotopic (exact) mass is 558 g/mol. The van der Waals surface area contributed by atoms with E-state index >= 15 is 0 Å². The van der Waals surface area contributed by atoms with Crippen LogP contribution in [0.5, 0.6) is 11.5 Å². The zero-order chi connectivity index (χ0) is 29.0. The summed E-state index contributed by atoms with van der Waals surface area (Å²) in [6.07, 6.45) is 22.8. The topological polar surface area (TPSA) is 61.3 Å². The molecular formula is C36H50N2O3. The second-order valence-corrected chi connectivity index (χ2v) is 11.0. The highest BCUT2D eigenvalue weighted by molar-refractivity contribution is 5.73. The van der Waals surface area contributed by atoms with E-state index in [0.717, 1.165) is 48.3 Å². The van der Waals surface area contributed by atoms with Crippen LogP contribution < -0.4 is 9.47 Å². The predicted octanol–water partition coefficient (Wildman–Crippen LogP) is 10.4. The van der Waals surface area contributed by atoms with Crippen molar-refractivity contribution in [3.8, 4) is 34.0 Å². The molecule has 0 aliphatic rings. The molecule has 5 nitrogen and oxygen atoms in total. The molecule has 3 rings (SSSR count). The molecule has 0 N–H and O–H groups in total. The Morgan fingerprint density at radius 1 is 0.561 bits per heavy atom. The average molecular weight is 559 g/mol. The van der Waals surface area contributed by atoms with E-state index in [1.54, 1.807) is 0 Å². The van der Waals surface area contributed by atoms with Gasteiger partial charge >= 0.3 is 5.97 Å². The van der Waals surface area contributed by atoms with Crippen molar-refractivity contribution in [2.24, 2.45) is 0 Å². The van der Waals surface area contributed by atoms with Crippen LogP contribution in [0, 0.1) is 0 Å². The number of aromatic nitrogens is 2.